The van der Waals surface area contributed by atoms with Gasteiger partial charge in [-0.1, -0.05) is 19.9 Å². The van der Waals surface area contributed by atoms with Gasteiger partial charge in [-0.05, 0) is 61.3 Å². The summed E-state index contributed by atoms with van der Waals surface area (Å²) < 4.78 is 28.1. The maximum Gasteiger partial charge on any atom is 0.245 e. The molecule has 0 spiro atoms. The van der Waals surface area contributed by atoms with E-state index in [1.54, 1.807) is 15.9 Å². The second-order valence-corrected chi connectivity index (χ2v) is 11.0. The molecule has 1 aromatic rings. The van der Waals surface area contributed by atoms with E-state index in [1.807, 2.05) is 26.0 Å². The maximum absolute atomic E-state index is 13.3. The number of amides is 2. The van der Waals surface area contributed by atoms with Gasteiger partial charge < -0.3 is 9.80 Å². The average molecular weight is 434 g/mol. The smallest absolute Gasteiger partial charge is 0.245 e. The van der Waals surface area contributed by atoms with Crippen molar-refractivity contribution in [3.05, 3.63) is 29.3 Å². The number of sulfonamides is 1. The molecule has 164 valence electrons. The van der Waals surface area contributed by atoms with Crippen molar-refractivity contribution in [2.75, 3.05) is 32.7 Å². The Morgan fingerprint density at radius 3 is 2.50 bits per heavy atom. The number of piperazine rings is 1. The van der Waals surface area contributed by atoms with Crippen molar-refractivity contribution >= 4 is 21.8 Å². The van der Waals surface area contributed by atoms with Crippen LogP contribution in [-0.4, -0.2) is 73.1 Å². The third kappa shape index (κ3) is 3.99. The van der Waals surface area contributed by atoms with Crippen molar-refractivity contribution in [1.82, 2.24) is 14.1 Å². The molecular formula is C22H31N3O4S. The zero-order chi connectivity index (χ0) is 21.5. The summed E-state index contributed by atoms with van der Waals surface area (Å²) in [6.07, 6.45) is 4.51. The van der Waals surface area contributed by atoms with Gasteiger partial charge in [0.2, 0.25) is 21.8 Å². The minimum Gasteiger partial charge on any atom is -0.331 e. The number of hydrogen-bond acceptors (Lipinski definition) is 4. The van der Waals surface area contributed by atoms with Gasteiger partial charge in [-0.15, -0.1) is 0 Å². The first-order valence-corrected chi connectivity index (χ1v) is 12.4. The van der Waals surface area contributed by atoms with Crippen LogP contribution in [0.5, 0.6) is 0 Å². The molecule has 0 N–H and O–H groups in total. The fourth-order valence-electron chi connectivity index (χ4n) is 4.86. The van der Waals surface area contributed by atoms with Crippen LogP contribution in [0, 0.1) is 5.92 Å². The molecule has 0 aromatic heterocycles. The van der Waals surface area contributed by atoms with Crippen LogP contribution in [0.25, 0.3) is 0 Å². The summed E-state index contributed by atoms with van der Waals surface area (Å²) in [5.41, 5.74) is 2.37. The molecule has 2 fully saturated rings. The molecule has 2 heterocycles. The van der Waals surface area contributed by atoms with E-state index in [1.165, 1.54) is 9.87 Å². The minimum absolute atomic E-state index is 0.0590. The first-order valence-electron chi connectivity index (χ1n) is 11.0. The van der Waals surface area contributed by atoms with Gasteiger partial charge in [-0.3, -0.25) is 9.59 Å². The standard InChI is InChI=1S/C22H31N3O4S/c1-16(2)14-23-15-21(26)25-12-11-24(10-9-20(25)22(23)27)30(28,29)19-8-7-17-5-3-4-6-18(17)13-19/h7-8,13,16,20H,3-6,9-12,14-15H2,1-2H3. The van der Waals surface area contributed by atoms with E-state index in [-0.39, 0.29) is 43.9 Å². The molecule has 0 radical (unpaired) electrons. The summed E-state index contributed by atoms with van der Waals surface area (Å²) in [6, 6.07) is 4.91. The molecule has 2 aliphatic heterocycles. The summed E-state index contributed by atoms with van der Waals surface area (Å²) in [4.78, 5) is 29.1. The van der Waals surface area contributed by atoms with Gasteiger partial charge in [0.15, 0.2) is 0 Å². The second kappa shape index (κ2) is 8.30. The van der Waals surface area contributed by atoms with Crippen LogP contribution < -0.4 is 0 Å². The van der Waals surface area contributed by atoms with Gasteiger partial charge in [0.25, 0.3) is 0 Å². The Labute approximate surface area is 179 Å². The lowest BCUT2D eigenvalue weighted by Gasteiger charge is -2.39. The Kier molecular flexibility index (Phi) is 5.90. The monoisotopic (exact) mass is 433 g/mol. The summed E-state index contributed by atoms with van der Waals surface area (Å²) in [7, 11) is -3.66. The summed E-state index contributed by atoms with van der Waals surface area (Å²) in [5.74, 6) is 0.129. The number of carbonyl (C=O) groups is 2. The van der Waals surface area contributed by atoms with Gasteiger partial charge >= 0.3 is 0 Å². The number of aryl methyl sites for hydroxylation is 2. The van der Waals surface area contributed by atoms with Crippen LogP contribution in [0.15, 0.2) is 23.1 Å². The van der Waals surface area contributed by atoms with Gasteiger partial charge in [0.1, 0.15) is 6.04 Å². The van der Waals surface area contributed by atoms with Gasteiger partial charge in [-0.2, -0.15) is 4.31 Å². The van der Waals surface area contributed by atoms with Gasteiger partial charge in [-0.25, -0.2) is 8.42 Å². The SMILES string of the molecule is CC(C)CN1CC(=O)N2CCN(S(=O)(=O)c3ccc4c(c3)CCCC4)CCC2C1=O. The van der Waals surface area contributed by atoms with E-state index in [9.17, 15) is 18.0 Å². The molecule has 0 saturated carbocycles. The first kappa shape index (κ1) is 21.3. The highest BCUT2D eigenvalue weighted by molar-refractivity contribution is 7.89. The molecule has 1 aliphatic carbocycles. The number of fused-ring (bicyclic) bond motifs is 2. The molecule has 2 saturated heterocycles. The first-order chi connectivity index (χ1) is 14.3. The number of rotatable bonds is 4. The van der Waals surface area contributed by atoms with Gasteiger partial charge in [0, 0.05) is 26.2 Å². The van der Waals surface area contributed by atoms with Crippen molar-refractivity contribution in [2.45, 2.75) is 56.9 Å². The molecule has 7 nitrogen and oxygen atoms in total. The predicted octanol–water partition coefficient (Wildman–Crippen LogP) is 1.66. The van der Waals surface area contributed by atoms with Crippen molar-refractivity contribution in [2.24, 2.45) is 5.92 Å². The quantitative estimate of drug-likeness (QED) is 0.724. The molecular weight excluding hydrogens is 402 g/mol. The number of hydrogen-bond donors (Lipinski definition) is 0. The van der Waals surface area contributed by atoms with Crippen LogP contribution >= 0.6 is 0 Å². The van der Waals surface area contributed by atoms with Crippen molar-refractivity contribution < 1.29 is 18.0 Å². The number of benzene rings is 1. The van der Waals surface area contributed by atoms with Gasteiger partial charge in [0.05, 0.1) is 11.4 Å². The fraction of sp³-hybridized carbons (Fsp3) is 0.636. The summed E-state index contributed by atoms with van der Waals surface area (Å²) >= 11 is 0. The Balaban J connectivity index is 1.54. The lowest BCUT2D eigenvalue weighted by molar-refractivity contribution is -0.156. The topological polar surface area (TPSA) is 78.0 Å². The molecule has 1 aromatic carbocycles. The summed E-state index contributed by atoms with van der Waals surface area (Å²) in [6.45, 7) is 5.40. The molecule has 3 aliphatic rings. The number of nitrogens with zero attached hydrogens (tertiary/aromatic N) is 3. The van der Waals surface area contributed by atoms with Crippen molar-refractivity contribution in [1.29, 1.82) is 0 Å². The maximum atomic E-state index is 13.3. The van der Waals surface area contributed by atoms with E-state index in [2.05, 4.69) is 0 Å². The van der Waals surface area contributed by atoms with E-state index in [0.29, 0.717) is 17.9 Å². The molecule has 30 heavy (non-hydrogen) atoms. The second-order valence-electron chi connectivity index (χ2n) is 9.05. The third-order valence-electron chi connectivity index (χ3n) is 6.40. The van der Waals surface area contributed by atoms with E-state index in [0.717, 1.165) is 31.2 Å². The fourth-order valence-corrected chi connectivity index (χ4v) is 6.36. The number of carbonyl (C=O) groups excluding carboxylic acids is 2. The highest BCUT2D eigenvalue weighted by Crippen LogP contribution is 2.27. The molecule has 0 bridgehead atoms. The Hall–Kier alpha value is -1.93. The molecule has 8 heteroatoms. The Morgan fingerprint density at radius 1 is 1.03 bits per heavy atom. The minimum atomic E-state index is -3.66. The van der Waals surface area contributed by atoms with E-state index in [4.69, 9.17) is 0 Å². The Bertz CT molecular complexity index is 944. The largest absolute Gasteiger partial charge is 0.331 e. The van der Waals surface area contributed by atoms with Crippen molar-refractivity contribution in [3.8, 4) is 0 Å². The average Bonchev–Trinajstić information content (AvgIpc) is 2.95. The predicted molar refractivity (Wildman–Crippen MR) is 113 cm³/mol. The molecule has 1 atom stereocenters. The van der Waals surface area contributed by atoms with Crippen LogP contribution in [0.1, 0.15) is 44.2 Å². The molecule has 1 unspecified atom stereocenters. The zero-order valence-corrected chi connectivity index (χ0v) is 18.7. The normalized spacial score (nSPS) is 23.4. The van der Waals surface area contributed by atoms with Crippen LogP contribution in [0.3, 0.4) is 0 Å². The molecule has 4 rings (SSSR count). The highest BCUT2D eigenvalue weighted by Gasteiger charge is 2.42. The zero-order valence-electron chi connectivity index (χ0n) is 17.8. The lowest BCUT2D eigenvalue weighted by Crippen LogP contribution is -2.60. The van der Waals surface area contributed by atoms with E-state index >= 15 is 0 Å². The van der Waals surface area contributed by atoms with Crippen molar-refractivity contribution in [3.63, 3.8) is 0 Å². The van der Waals surface area contributed by atoms with E-state index < -0.39 is 16.1 Å². The molecule has 2 amide bonds. The highest BCUT2D eigenvalue weighted by atomic mass is 32.2. The third-order valence-corrected chi connectivity index (χ3v) is 8.30. The summed E-state index contributed by atoms with van der Waals surface area (Å²) in [5, 5.41) is 0. The van der Waals surface area contributed by atoms with Crippen LogP contribution in [0.4, 0.5) is 0 Å². The lowest BCUT2D eigenvalue weighted by atomic mass is 9.92. The Morgan fingerprint density at radius 2 is 1.77 bits per heavy atom. The van der Waals surface area contributed by atoms with Crippen LogP contribution in [0.2, 0.25) is 0 Å². The van der Waals surface area contributed by atoms with Crippen LogP contribution in [-0.2, 0) is 32.5 Å².